The monoisotopic (exact) mass is 251 g/mol. The van der Waals surface area contributed by atoms with Crippen molar-refractivity contribution in [3.8, 4) is 11.1 Å². The van der Waals surface area contributed by atoms with Crippen LogP contribution in [0.25, 0.3) is 22.0 Å². The van der Waals surface area contributed by atoms with Crippen LogP contribution in [0, 0.1) is 5.82 Å². The molecular weight excluding hydrogens is 237 g/mol. The van der Waals surface area contributed by atoms with Crippen molar-refractivity contribution in [1.82, 2.24) is 4.98 Å². The van der Waals surface area contributed by atoms with Gasteiger partial charge in [0.25, 0.3) is 0 Å². The topological polar surface area (TPSA) is 12.9 Å². The highest BCUT2D eigenvalue weighted by molar-refractivity contribution is 5.94. The zero-order valence-electron chi connectivity index (χ0n) is 10.7. The van der Waals surface area contributed by atoms with Crippen LogP contribution in [0.2, 0.25) is 0 Å². The first-order valence-corrected chi connectivity index (χ1v) is 6.42. The molecule has 0 aliphatic rings. The van der Waals surface area contributed by atoms with Crippen LogP contribution < -0.4 is 0 Å². The molecule has 1 heterocycles. The van der Waals surface area contributed by atoms with E-state index in [1.54, 1.807) is 12.3 Å². The number of aryl methyl sites for hydroxylation is 1. The van der Waals surface area contributed by atoms with E-state index in [2.05, 4.69) is 4.98 Å². The van der Waals surface area contributed by atoms with Gasteiger partial charge in [-0.25, -0.2) is 4.39 Å². The predicted molar refractivity (Wildman–Crippen MR) is 76.5 cm³/mol. The van der Waals surface area contributed by atoms with Gasteiger partial charge >= 0.3 is 0 Å². The van der Waals surface area contributed by atoms with Crippen molar-refractivity contribution in [2.75, 3.05) is 0 Å². The Balaban J connectivity index is 2.24. The molecule has 0 spiro atoms. The second kappa shape index (κ2) is 4.81. The minimum Gasteiger partial charge on any atom is -0.256 e. The maximum atomic E-state index is 14.2. The molecule has 1 nitrogen and oxygen atoms in total. The van der Waals surface area contributed by atoms with E-state index in [0.29, 0.717) is 5.56 Å². The molecule has 94 valence electrons. The van der Waals surface area contributed by atoms with Crippen molar-refractivity contribution in [2.24, 2.45) is 0 Å². The van der Waals surface area contributed by atoms with Crippen molar-refractivity contribution >= 4 is 10.9 Å². The fourth-order valence-electron chi connectivity index (χ4n) is 2.34. The highest BCUT2D eigenvalue weighted by Crippen LogP contribution is 2.30. The van der Waals surface area contributed by atoms with Crippen molar-refractivity contribution in [2.45, 2.75) is 13.3 Å². The Morgan fingerprint density at radius 2 is 1.89 bits per heavy atom. The average molecular weight is 251 g/mol. The van der Waals surface area contributed by atoms with Crippen LogP contribution in [-0.2, 0) is 6.42 Å². The maximum Gasteiger partial charge on any atom is 0.131 e. The molecule has 0 radical (unpaired) electrons. The lowest BCUT2D eigenvalue weighted by Crippen LogP contribution is -1.89. The van der Waals surface area contributed by atoms with Crippen molar-refractivity contribution < 1.29 is 4.39 Å². The van der Waals surface area contributed by atoms with Crippen LogP contribution in [-0.4, -0.2) is 4.98 Å². The van der Waals surface area contributed by atoms with Gasteiger partial charge in [-0.1, -0.05) is 37.3 Å². The molecule has 3 aromatic rings. The molecule has 0 bridgehead atoms. The standard InChI is InChI=1S/C17H14FN/c1-2-12-8-9-14(16(18)11-12)13-5-3-7-17-15(13)6-4-10-19-17/h3-11H,2H2,1H3. The molecule has 0 aliphatic carbocycles. The molecule has 0 N–H and O–H groups in total. The van der Waals surface area contributed by atoms with Gasteiger partial charge in [-0.2, -0.15) is 0 Å². The first-order valence-electron chi connectivity index (χ1n) is 6.42. The number of pyridine rings is 1. The number of fused-ring (bicyclic) bond motifs is 1. The molecule has 2 heteroatoms. The maximum absolute atomic E-state index is 14.2. The second-order valence-corrected chi connectivity index (χ2v) is 4.54. The zero-order valence-corrected chi connectivity index (χ0v) is 10.7. The van der Waals surface area contributed by atoms with E-state index < -0.39 is 0 Å². The summed E-state index contributed by atoms with van der Waals surface area (Å²) in [6.07, 6.45) is 2.59. The molecule has 0 saturated heterocycles. The van der Waals surface area contributed by atoms with Crippen LogP contribution in [0.15, 0.2) is 54.7 Å². The Bertz CT molecular complexity index is 729. The number of rotatable bonds is 2. The third kappa shape index (κ3) is 2.10. The molecule has 3 rings (SSSR count). The van der Waals surface area contributed by atoms with Gasteiger partial charge in [0.2, 0.25) is 0 Å². The summed E-state index contributed by atoms with van der Waals surface area (Å²) < 4.78 is 14.2. The van der Waals surface area contributed by atoms with Crippen molar-refractivity contribution in [1.29, 1.82) is 0 Å². The van der Waals surface area contributed by atoms with Gasteiger partial charge in [0, 0.05) is 17.1 Å². The molecule has 0 atom stereocenters. The third-order valence-corrected chi connectivity index (χ3v) is 3.38. The third-order valence-electron chi connectivity index (χ3n) is 3.38. The Kier molecular flexibility index (Phi) is 3.00. The lowest BCUT2D eigenvalue weighted by molar-refractivity contribution is 0.629. The molecule has 2 aromatic carbocycles. The quantitative estimate of drug-likeness (QED) is 0.648. The minimum absolute atomic E-state index is 0.171. The highest BCUT2D eigenvalue weighted by atomic mass is 19.1. The fourth-order valence-corrected chi connectivity index (χ4v) is 2.34. The highest BCUT2D eigenvalue weighted by Gasteiger charge is 2.09. The molecule has 0 amide bonds. The SMILES string of the molecule is CCc1ccc(-c2cccc3ncccc23)c(F)c1. The number of nitrogens with zero attached hydrogens (tertiary/aromatic N) is 1. The summed E-state index contributed by atoms with van der Waals surface area (Å²) in [4.78, 5) is 4.31. The van der Waals surface area contributed by atoms with E-state index in [1.165, 1.54) is 0 Å². The summed E-state index contributed by atoms with van der Waals surface area (Å²) in [6, 6.07) is 15.1. The normalized spacial score (nSPS) is 10.8. The van der Waals surface area contributed by atoms with Crippen LogP contribution in [0.3, 0.4) is 0 Å². The first kappa shape index (κ1) is 11.8. The number of hydrogen-bond donors (Lipinski definition) is 0. The molecule has 0 saturated carbocycles. The van der Waals surface area contributed by atoms with E-state index in [-0.39, 0.29) is 5.82 Å². The van der Waals surface area contributed by atoms with Crippen LogP contribution >= 0.6 is 0 Å². The van der Waals surface area contributed by atoms with Crippen LogP contribution in [0.5, 0.6) is 0 Å². The van der Waals surface area contributed by atoms with E-state index in [1.807, 2.05) is 49.4 Å². The molecule has 0 unspecified atom stereocenters. The van der Waals surface area contributed by atoms with Gasteiger partial charge in [-0.3, -0.25) is 4.98 Å². The second-order valence-electron chi connectivity index (χ2n) is 4.54. The molecule has 1 aromatic heterocycles. The lowest BCUT2D eigenvalue weighted by Gasteiger charge is -2.08. The van der Waals surface area contributed by atoms with E-state index in [9.17, 15) is 4.39 Å². The van der Waals surface area contributed by atoms with Crippen LogP contribution in [0.1, 0.15) is 12.5 Å². The number of aromatic nitrogens is 1. The van der Waals surface area contributed by atoms with Crippen molar-refractivity contribution in [3.63, 3.8) is 0 Å². The minimum atomic E-state index is -0.171. The fraction of sp³-hybridized carbons (Fsp3) is 0.118. The van der Waals surface area contributed by atoms with Gasteiger partial charge in [-0.05, 0) is 35.7 Å². The molecule has 0 aliphatic heterocycles. The Morgan fingerprint density at radius 3 is 2.68 bits per heavy atom. The van der Waals surface area contributed by atoms with Gasteiger partial charge in [0.1, 0.15) is 5.82 Å². The summed E-state index contributed by atoms with van der Waals surface area (Å²) >= 11 is 0. The summed E-state index contributed by atoms with van der Waals surface area (Å²) in [5, 5.41) is 0.980. The Labute approximate surface area is 111 Å². The van der Waals surface area contributed by atoms with Gasteiger partial charge in [-0.15, -0.1) is 0 Å². The summed E-state index contributed by atoms with van der Waals surface area (Å²) in [5.74, 6) is -0.171. The first-order chi connectivity index (χ1) is 9.29. The van der Waals surface area contributed by atoms with Gasteiger partial charge in [0.05, 0.1) is 5.52 Å². The number of halogens is 1. The molecular formula is C17H14FN. The zero-order chi connectivity index (χ0) is 13.2. The van der Waals surface area contributed by atoms with Crippen molar-refractivity contribution in [3.05, 3.63) is 66.1 Å². The summed E-state index contributed by atoms with van der Waals surface area (Å²) in [6.45, 7) is 2.02. The van der Waals surface area contributed by atoms with E-state index in [0.717, 1.165) is 28.5 Å². The van der Waals surface area contributed by atoms with E-state index in [4.69, 9.17) is 0 Å². The van der Waals surface area contributed by atoms with Gasteiger partial charge < -0.3 is 0 Å². The molecule has 0 fully saturated rings. The Hall–Kier alpha value is -2.22. The summed E-state index contributed by atoms with van der Waals surface area (Å²) in [5.41, 5.74) is 3.43. The largest absolute Gasteiger partial charge is 0.256 e. The number of hydrogen-bond acceptors (Lipinski definition) is 1. The average Bonchev–Trinajstić information content (AvgIpc) is 2.46. The predicted octanol–water partition coefficient (Wildman–Crippen LogP) is 4.60. The molecule has 19 heavy (non-hydrogen) atoms. The summed E-state index contributed by atoms with van der Waals surface area (Å²) in [7, 11) is 0. The van der Waals surface area contributed by atoms with E-state index >= 15 is 0 Å². The Morgan fingerprint density at radius 1 is 1.00 bits per heavy atom. The lowest BCUT2D eigenvalue weighted by atomic mass is 9.98. The smallest absolute Gasteiger partial charge is 0.131 e. The number of benzene rings is 2. The van der Waals surface area contributed by atoms with Crippen LogP contribution in [0.4, 0.5) is 4.39 Å². The van der Waals surface area contributed by atoms with Gasteiger partial charge in [0.15, 0.2) is 0 Å².